The fourth-order valence-electron chi connectivity index (χ4n) is 2.85. The zero-order valence-electron chi connectivity index (χ0n) is 12.2. The van der Waals surface area contributed by atoms with Gasteiger partial charge in [0.1, 0.15) is 18.7 Å². The quantitative estimate of drug-likeness (QED) is 0.881. The standard InChI is InChI=1S/C15H19N3O3S/c16-9-8-19-5-1-2-10(9)17-15-18-13-12(22-15)4-3-11-14(13)21-7-6-20-11/h3-4,9-10H,1-2,5-8,16H2,(H,17,18)/t9-,10+/m0/s1. The maximum atomic E-state index is 6.18. The number of benzene rings is 1. The van der Waals surface area contributed by atoms with Gasteiger partial charge in [-0.1, -0.05) is 11.3 Å². The van der Waals surface area contributed by atoms with E-state index in [4.69, 9.17) is 24.9 Å². The van der Waals surface area contributed by atoms with Crippen molar-refractivity contribution in [1.82, 2.24) is 4.98 Å². The highest BCUT2D eigenvalue weighted by Gasteiger charge is 2.23. The van der Waals surface area contributed by atoms with Crippen LogP contribution in [0.15, 0.2) is 12.1 Å². The van der Waals surface area contributed by atoms with E-state index in [-0.39, 0.29) is 12.1 Å². The van der Waals surface area contributed by atoms with E-state index in [0.717, 1.165) is 46.3 Å². The molecule has 2 aromatic rings. The second-order valence-corrected chi connectivity index (χ2v) is 6.62. The molecule has 1 aromatic carbocycles. The molecule has 0 amide bonds. The monoisotopic (exact) mass is 321 g/mol. The summed E-state index contributed by atoms with van der Waals surface area (Å²) in [5.41, 5.74) is 7.04. The van der Waals surface area contributed by atoms with Crippen LogP contribution in [0.5, 0.6) is 11.5 Å². The topological polar surface area (TPSA) is 78.6 Å². The van der Waals surface area contributed by atoms with Gasteiger partial charge < -0.3 is 25.3 Å². The molecular weight excluding hydrogens is 302 g/mol. The van der Waals surface area contributed by atoms with Gasteiger partial charge in [0.15, 0.2) is 16.6 Å². The van der Waals surface area contributed by atoms with Crippen LogP contribution in [-0.2, 0) is 4.74 Å². The molecule has 4 rings (SSSR count). The summed E-state index contributed by atoms with van der Waals surface area (Å²) in [6, 6.07) is 4.16. The summed E-state index contributed by atoms with van der Waals surface area (Å²) in [7, 11) is 0. The minimum Gasteiger partial charge on any atom is -0.486 e. The van der Waals surface area contributed by atoms with Crippen LogP contribution in [0, 0.1) is 0 Å². The molecule has 0 saturated carbocycles. The number of aromatic nitrogens is 1. The fourth-order valence-corrected chi connectivity index (χ4v) is 3.78. The Labute approximate surface area is 132 Å². The van der Waals surface area contributed by atoms with E-state index in [1.807, 2.05) is 12.1 Å². The SMILES string of the molecule is N[C@H]1COCCC[C@H]1Nc1nc2c3c(ccc2s1)OCCO3. The average molecular weight is 321 g/mol. The van der Waals surface area contributed by atoms with Crippen LogP contribution in [0.4, 0.5) is 5.13 Å². The van der Waals surface area contributed by atoms with Crippen molar-refractivity contribution in [2.75, 3.05) is 31.7 Å². The van der Waals surface area contributed by atoms with Crippen molar-refractivity contribution in [1.29, 1.82) is 0 Å². The number of nitrogens with two attached hydrogens (primary N) is 1. The molecule has 7 heteroatoms. The third-order valence-electron chi connectivity index (χ3n) is 4.01. The Hall–Kier alpha value is -1.57. The van der Waals surface area contributed by atoms with E-state index in [2.05, 4.69) is 5.32 Å². The highest BCUT2D eigenvalue weighted by molar-refractivity contribution is 7.22. The Morgan fingerprint density at radius 1 is 1.23 bits per heavy atom. The first-order valence-electron chi connectivity index (χ1n) is 7.60. The van der Waals surface area contributed by atoms with Gasteiger partial charge in [0.25, 0.3) is 0 Å². The third kappa shape index (κ3) is 2.60. The number of nitrogens with zero attached hydrogens (tertiary/aromatic N) is 1. The Morgan fingerprint density at radius 2 is 2.14 bits per heavy atom. The van der Waals surface area contributed by atoms with E-state index in [0.29, 0.717) is 19.8 Å². The summed E-state index contributed by atoms with van der Waals surface area (Å²) in [4.78, 5) is 4.69. The van der Waals surface area contributed by atoms with E-state index in [1.165, 1.54) is 0 Å². The summed E-state index contributed by atoms with van der Waals surface area (Å²) < 4.78 is 17.9. The number of thiazole rings is 1. The molecule has 3 heterocycles. The lowest BCUT2D eigenvalue weighted by molar-refractivity contribution is 0.134. The lowest BCUT2D eigenvalue weighted by atomic mass is 10.1. The molecule has 0 aliphatic carbocycles. The van der Waals surface area contributed by atoms with Crippen molar-refractivity contribution in [3.8, 4) is 11.5 Å². The molecule has 2 aliphatic heterocycles. The van der Waals surface area contributed by atoms with E-state index < -0.39 is 0 Å². The van der Waals surface area contributed by atoms with Crippen LogP contribution >= 0.6 is 11.3 Å². The number of anilines is 1. The van der Waals surface area contributed by atoms with Crippen LogP contribution in [0.3, 0.4) is 0 Å². The zero-order valence-corrected chi connectivity index (χ0v) is 13.0. The van der Waals surface area contributed by atoms with Crippen LogP contribution in [0.1, 0.15) is 12.8 Å². The number of ether oxygens (including phenoxy) is 3. The van der Waals surface area contributed by atoms with Crippen molar-refractivity contribution in [3.63, 3.8) is 0 Å². The first-order chi connectivity index (χ1) is 10.8. The van der Waals surface area contributed by atoms with Gasteiger partial charge in [0.2, 0.25) is 0 Å². The number of hydrogen-bond acceptors (Lipinski definition) is 7. The Balaban J connectivity index is 1.62. The maximum absolute atomic E-state index is 6.18. The van der Waals surface area contributed by atoms with Crippen LogP contribution < -0.4 is 20.5 Å². The molecule has 2 aliphatic rings. The lowest BCUT2D eigenvalue weighted by Crippen LogP contribution is -2.42. The van der Waals surface area contributed by atoms with E-state index in [9.17, 15) is 0 Å². The van der Waals surface area contributed by atoms with Gasteiger partial charge in [0, 0.05) is 18.7 Å². The second kappa shape index (κ2) is 5.91. The minimum absolute atomic E-state index is 0.0111. The predicted molar refractivity (Wildman–Crippen MR) is 86.0 cm³/mol. The van der Waals surface area contributed by atoms with Gasteiger partial charge in [-0.2, -0.15) is 0 Å². The molecule has 0 spiro atoms. The Morgan fingerprint density at radius 3 is 3.09 bits per heavy atom. The summed E-state index contributed by atoms with van der Waals surface area (Å²) in [6.07, 6.45) is 2.01. The van der Waals surface area contributed by atoms with Crippen LogP contribution in [0.25, 0.3) is 10.2 Å². The molecule has 3 N–H and O–H groups in total. The van der Waals surface area contributed by atoms with Crippen LogP contribution in [-0.4, -0.2) is 43.5 Å². The van der Waals surface area contributed by atoms with Gasteiger partial charge in [-0.25, -0.2) is 4.98 Å². The first-order valence-corrected chi connectivity index (χ1v) is 8.42. The molecule has 2 atom stereocenters. The number of nitrogens with one attached hydrogen (secondary N) is 1. The normalized spacial score (nSPS) is 25.0. The van der Waals surface area contributed by atoms with Gasteiger partial charge in [-0.15, -0.1) is 0 Å². The minimum atomic E-state index is -0.0111. The molecule has 1 aromatic heterocycles. The molecule has 6 nitrogen and oxygen atoms in total. The predicted octanol–water partition coefficient (Wildman–Crippen LogP) is 1.99. The van der Waals surface area contributed by atoms with Crippen LogP contribution in [0.2, 0.25) is 0 Å². The van der Waals surface area contributed by atoms with Gasteiger partial charge in [-0.05, 0) is 25.0 Å². The summed E-state index contributed by atoms with van der Waals surface area (Å²) >= 11 is 1.62. The van der Waals surface area contributed by atoms with Gasteiger partial charge in [0.05, 0.1) is 11.3 Å². The van der Waals surface area contributed by atoms with E-state index in [1.54, 1.807) is 11.3 Å². The van der Waals surface area contributed by atoms with E-state index >= 15 is 0 Å². The van der Waals surface area contributed by atoms with Crippen molar-refractivity contribution < 1.29 is 14.2 Å². The average Bonchev–Trinajstić information content (AvgIpc) is 2.85. The molecule has 1 fully saturated rings. The Bertz CT molecular complexity index is 675. The maximum Gasteiger partial charge on any atom is 0.188 e. The fraction of sp³-hybridized carbons (Fsp3) is 0.533. The molecule has 118 valence electrons. The molecule has 0 bridgehead atoms. The molecule has 1 saturated heterocycles. The van der Waals surface area contributed by atoms with Crippen molar-refractivity contribution >= 4 is 26.7 Å². The summed E-state index contributed by atoms with van der Waals surface area (Å²) in [5.74, 6) is 1.52. The number of fused-ring (bicyclic) bond motifs is 3. The zero-order chi connectivity index (χ0) is 14.9. The van der Waals surface area contributed by atoms with Gasteiger partial charge >= 0.3 is 0 Å². The molecule has 0 unspecified atom stereocenters. The van der Waals surface area contributed by atoms with Gasteiger partial charge in [-0.3, -0.25) is 0 Å². The molecule has 22 heavy (non-hydrogen) atoms. The largest absolute Gasteiger partial charge is 0.486 e. The highest BCUT2D eigenvalue weighted by Crippen LogP contribution is 2.40. The third-order valence-corrected chi connectivity index (χ3v) is 4.96. The highest BCUT2D eigenvalue weighted by atomic mass is 32.1. The van der Waals surface area contributed by atoms with Crippen molar-refractivity contribution in [2.24, 2.45) is 5.73 Å². The number of hydrogen-bond donors (Lipinski definition) is 2. The van der Waals surface area contributed by atoms with Crippen molar-refractivity contribution in [3.05, 3.63) is 12.1 Å². The second-order valence-electron chi connectivity index (χ2n) is 5.59. The Kier molecular flexibility index (Phi) is 3.77. The summed E-state index contributed by atoms with van der Waals surface area (Å²) in [6.45, 7) is 2.53. The molecular formula is C15H19N3O3S. The first kappa shape index (κ1) is 14.0. The smallest absolute Gasteiger partial charge is 0.188 e. The number of rotatable bonds is 2. The molecule has 0 radical (unpaired) electrons. The van der Waals surface area contributed by atoms with Crippen molar-refractivity contribution in [2.45, 2.75) is 24.9 Å². The lowest BCUT2D eigenvalue weighted by Gasteiger charge is -2.21. The summed E-state index contributed by atoms with van der Waals surface area (Å²) in [5, 5.41) is 4.35.